The van der Waals surface area contributed by atoms with Gasteiger partial charge in [-0.05, 0) is 56.1 Å². The van der Waals surface area contributed by atoms with E-state index in [1.807, 2.05) is 18.2 Å². The summed E-state index contributed by atoms with van der Waals surface area (Å²) in [6.45, 7) is 4.46. The number of phenolic OH excluding ortho intramolecular Hbond substituents is 2. The quantitative estimate of drug-likeness (QED) is 0.697. The molecule has 3 rings (SSSR count). The van der Waals surface area contributed by atoms with Crippen molar-refractivity contribution in [3.8, 4) is 11.5 Å². The van der Waals surface area contributed by atoms with Crippen molar-refractivity contribution in [1.82, 2.24) is 10.2 Å². The minimum atomic E-state index is -0.406. The molecule has 1 aliphatic rings. The first-order chi connectivity index (χ1) is 12.6. The Balaban J connectivity index is 1.67. The molecule has 1 heterocycles. The second kappa shape index (κ2) is 8.23. The number of nitrogens with one attached hydrogen (secondary N) is 1. The lowest BCUT2D eigenvalue weighted by Gasteiger charge is -2.28. The number of benzene rings is 2. The van der Waals surface area contributed by atoms with Crippen LogP contribution in [0.4, 0.5) is 0 Å². The molecule has 0 spiro atoms. The van der Waals surface area contributed by atoms with Gasteiger partial charge in [0.05, 0.1) is 12.0 Å². The zero-order valence-corrected chi connectivity index (χ0v) is 15.1. The lowest BCUT2D eigenvalue weighted by molar-refractivity contribution is -0.122. The van der Waals surface area contributed by atoms with E-state index in [9.17, 15) is 15.0 Å². The molecule has 0 aromatic heterocycles. The monoisotopic (exact) mass is 354 g/mol. The van der Waals surface area contributed by atoms with Crippen molar-refractivity contribution in [2.24, 2.45) is 0 Å². The van der Waals surface area contributed by atoms with E-state index in [1.165, 1.54) is 30.5 Å². The molecule has 2 atom stereocenters. The highest BCUT2D eigenvalue weighted by molar-refractivity contribution is 5.83. The molecule has 138 valence electrons. The summed E-state index contributed by atoms with van der Waals surface area (Å²) in [5.74, 6) is -0.882. The van der Waals surface area contributed by atoms with Crippen LogP contribution in [0.1, 0.15) is 42.9 Å². The fraction of sp³-hybridized carbons (Fsp3) is 0.381. The van der Waals surface area contributed by atoms with Gasteiger partial charge in [0.1, 0.15) is 0 Å². The highest BCUT2D eigenvalue weighted by atomic mass is 16.3. The van der Waals surface area contributed by atoms with Crippen LogP contribution in [0.5, 0.6) is 11.5 Å². The van der Waals surface area contributed by atoms with E-state index in [1.54, 1.807) is 13.0 Å². The number of aromatic hydroxyl groups is 2. The van der Waals surface area contributed by atoms with E-state index >= 15 is 0 Å². The van der Waals surface area contributed by atoms with Crippen molar-refractivity contribution in [3.05, 3.63) is 59.7 Å². The summed E-state index contributed by atoms with van der Waals surface area (Å²) in [6.07, 6.45) is 2.39. The maximum atomic E-state index is 12.6. The van der Waals surface area contributed by atoms with E-state index in [4.69, 9.17) is 0 Å². The molecule has 2 aromatic rings. The van der Waals surface area contributed by atoms with Crippen LogP contribution in [0, 0.1) is 0 Å². The number of nitrogens with zero attached hydrogens (tertiary/aromatic N) is 1. The molecular weight excluding hydrogens is 328 g/mol. The third-order valence-corrected chi connectivity index (χ3v) is 5.13. The van der Waals surface area contributed by atoms with Gasteiger partial charge in [0.15, 0.2) is 11.5 Å². The van der Waals surface area contributed by atoms with E-state index in [0.29, 0.717) is 12.1 Å². The van der Waals surface area contributed by atoms with E-state index in [-0.39, 0.29) is 23.4 Å². The number of carbonyl (C=O) groups is 1. The molecule has 5 nitrogen and oxygen atoms in total. The molecule has 0 saturated carbocycles. The number of likely N-dealkylation sites (tertiary alicyclic amines) is 1. The van der Waals surface area contributed by atoms with E-state index in [0.717, 1.165) is 13.1 Å². The van der Waals surface area contributed by atoms with Crippen LogP contribution >= 0.6 is 0 Å². The van der Waals surface area contributed by atoms with Crippen molar-refractivity contribution in [2.45, 2.75) is 31.7 Å². The first-order valence-corrected chi connectivity index (χ1v) is 9.15. The maximum Gasteiger partial charge on any atom is 0.227 e. The Labute approximate surface area is 154 Å². The zero-order chi connectivity index (χ0) is 18.5. The molecule has 0 aliphatic carbocycles. The van der Waals surface area contributed by atoms with Crippen LogP contribution in [0.25, 0.3) is 0 Å². The Morgan fingerprint density at radius 3 is 2.38 bits per heavy atom. The maximum absolute atomic E-state index is 12.6. The van der Waals surface area contributed by atoms with Crippen LogP contribution in [-0.2, 0) is 4.79 Å². The summed E-state index contributed by atoms with van der Waals surface area (Å²) >= 11 is 0. The highest BCUT2D eigenvalue weighted by Crippen LogP contribution is 2.29. The normalized spacial score (nSPS) is 17.0. The van der Waals surface area contributed by atoms with E-state index < -0.39 is 5.92 Å². The molecule has 26 heavy (non-hydrogen) atoms. The van der Waals surface area contributed by atoms with Gasteiger partial charge < -0.3 is 15.5 Å². The van der Waals surface area contributed by atoms with Gasteiger partial charge in [-0.2, -0.15) is 0 Å². The Kier molecular flexibility index (Phi) is 5.78. The second-order valence-electron chi connectivity index (χ2n) is 6.88. The van der Waals surface area contributed by atoms with Gasteiger partial charge in [-0.15, -0.1) is 0 Å². The molecule has 2 aromatic carbocycles. The summed E-state index contributed by atoms with van der Waals surface area (Å²) in [6, 6.07) is 15.0. The lowest BCUT2D eigenvalue weighted by atomic mass is 9.99. The van der Waals surface area contributed by atoms with Crippen LogP contribution in [-0.4, -0.2) is 40.7 Å². The summed E-state index contributed by atoms with van der Waals surface area (Å²) < 4.78 is 0. The largest absolute Gasteiger partial charge is 0.504 e. The minimum Gasteiger partial charge on any atom is -0.504 e. The molecule has 3 N–H and O–H groups in total. The predicted molar refractivity (Wildman–Crippen MR) is 101 cm³/mol. The number of hydrogen-bond acceptors (Lipinski definition) is 4. The summed E-state index contributed by atoms with van der Waals surface area (Å²) in [4.78, 5) is 15.0. The minimum absolute atomic E-state index is 0.0878. The summed E-state index contributed by atoms with van der Waals surface area (Å²) in [5.41, 5.74) is 1.89. The van der Waals surface area contributed by atoms with Crippen LogP contribution in [0.2, 0.25) is 0 Å². The zero-order valence-electron chi connectivity index (χ0n) is 15.1. The SMILES string of the molecule is CC(C(=O)NCC(c1ccccc1)N1CCCC1)c1ccc(O)c(O)c1. The first kappa shape index (κ1) is 18.3. The molecule has 0 bridgehead atoms. The van der Waals surface area contributed by atoms with Gasteiger partial charge in [0, 0.05) is 6.54 Å². The van der Waals surface area contributed by atoms with Crippen molar-refractivity contribution >= 4 is 5.91 Å². The number of carbonyl (C=O) groups excluding carboxylic acids is 1. The third-order valence-electron chi connectivity index (χ3n) is 5.13. The standard InChI is InChI=1S/C21H26N2O3/c1-15(17-9-10-19(24)20(25)13-17)21(26)22-14-18(23-11-5-6-12-23)16-7-3-2-4-8-16/h2-4,7-10,13,15,18,24-25H,5-6,11-12,14H2,1H3,(H,22,26). The molecule has 0 radical (unpaired) electrons. The number of hydrogen-bond donors (Lipinski definition) is 3. The van der Waals surface area contributed by atoms with Gasteiger partial charge >= 0.3 is 0 Å². The Morgan fingerprint density at radius 1 is 1.04 bits per heavy atom. The van der Waals surface area contributed by atoms with Crippen molar-refractivity contribution in [2.75, 3.05) is 19.6 Å². The Hall–Kier alpha value is -2.53. The Bertz CT molecular complexity index is 742. The predicted octanol–water partition coefficient (Wildman–Crippen LogP) is 3.15. The molecule has 1 aliphatic heterocycles. The molecule has 2 unspecified atom stereocenters. The van der Waals surface area contributed by atoms with Gasteiger partial charge in [-0.25, -0.2) is 0 Å². The number of amides is 1. The van der Waals surface area contributed by atoms with Crippen molar-refractivity contribution in [1.29, 1.82) is 0 Å². The average Bonchev–Trinajstić information content (AvgIpc) is 3.18. The first-order valence-electron chi connectivity index (χ1n) is 9.15. The van der Waals surface area contributed by atoms with Gasteiger partial charge in [0.25, 0.3) is 0 Å². The van der Waals surface area contributed by atoms with Crippen molar-refractivity contribution < 1.29 is 15.0 Å². The van der Waals surface area contributed by atoms with Gasteiger partial charge in [-0.3, -0.25) is 9.69 Å². The highest BCUT2D eigenvalue weighted by Gasteiger charge is 2.25. The van der Waals surface area contributed by atoms with Crippen LogP contribution in [0.3, 0.4) is 0 Å². The summed E-state index contributed by atoms with van der Waals surface area (Å²) in [5, 5.41) is 22.1. The van der Waals surface area contributed by atoms with Gasteiger partial charge in [0.2, 0.25) is 5.91 Å². The van der Waals surface area contributed by atoms with Crippen LogP contribution < -0.4 is 5.32 Å². The molecule has 1 amide bonds. The molecule has 1 fully saturated rings. The summed E-state index contributed by atoms with van der Waals surface area (Å²) in [7, 11) is 0. The molecular formula is C21H26N2O3. The fourth-order valence-corrected chi connectivity index (χ4v) is 3.50. The topological polar surface area (TPSA) is 72.8 Å². The van der Waals surface area contributed by atoms with Gasteiger partial charge in [-0.1, -0.05) is 36.4 Å². The van der Waals surface area contributed by atoms with E-state index in [2.05, 4.69) is 22.3 Å². The number of phenols is 2. The lowest BCUT2D eigenvalue weighted by Crippen LogP contribution is -2.38. The Morgan fingerprint density at radius 2 is 1.73 bits per heavy atom. The molecule has 5 heteroatoms. The fourth-order valence-electron chi connectivity index (χ4n) is 3.50. The third kappa shape index (κ3) is 4.17. The average molecular weight is 354 g/mol. The smallest absolute Gasteiger partial charge is 0.227 e. The van der Waals surface area contributed by atoms with Crippen molar-refractivity contribution in [3.63, 3.8) is 0 Å². The second-order valence-corrected chi connectivity index (χ2v) is 6.88. The molecule has 1 saturated heterocycles. The van der Waals surface area contributed by atoms with Crippen LogP contribution in [0.15, 0.2) is 48.5 Å². The number of rotatable bonds is 6.